The fourth-order valence-corrected chi connectivity index (χ4v) is 2.96. The van der Waals surface area contributed by atoms with Gasteiger partial charge in [0.1, 0.15) is 17.1 Å². The van der Waals surface area contributed by atoms with E-state index in [0.29, 0.717) is 27.9 Å². The number of para-hydroxylation sites is 2. The second kappa shape index (κ2) is 5.30. The van der Waals surface area contributed by atoms with E-state index in [1.807, 2.05) is 30.3 Å². The van der Waals surface area contributed by atoms with Crippen LogP contribution in [0.5, 0.6) is 0 Å². The van der Waals surface area contributed by atoms with Crippen LogP contribution in [0, 0.1) is 11.3 Å². The van der Waals surface area contributed by atoms with Crippen molar-refractivity contribution in [2.45, 2.75) is 11.0 Å². The molecule has 0 bridgehead atoms. The standard InChI is InChI=1S/C15H9N5O2S/c16-6-9-7-17-20-13(21)5-10(18-14(9)20)8-23-15-19-11-3-1-2-4-12(11)22-15/h1-5,7,17H,8H2. The summed E-state index contributed by atoms with van der Waals surface area (Å²) in [5.74, 6) is 0.425. The first-order valence-corrected chi connectivity index (χ1v) is 7.72. The number of thioether (sulfide) groups is 1. The van der Waals surface area contributed by atoms with Crippen LogP contribution in [0.1, 0.15) is 11.3 Å². The number of nitrogens with one attached hydrogen (secondary N) is 1. The lowest BCUT2D eigenvalue weighted by Gasteiger charge is -1.99. The molecule has 4 aromatic rings. The van der Waals surface area contributed by atoms with Gasteiger partial charge in [-0.3, -0.25) is 9.89 Å². The topological polar surface area (TPSA) is 100.0 Å². The molecule has 0 aliphatic rings. The van der Waals surface area contributed by atoms with Crippen LogP contribution in [-0.4, -0.2) is 19.6 Å². The Balaban J connectivity index is 1.65. The molecule has 7 nitrogen and oxygen atoms in total. The van der Waals surface area contributed by atoms with E-state index in [2.05, 4.69) is 15.1 Å². The van der Waals surface area contributed by atoms with Gasteiger partial charge in [-0.2, -0.15) is 5.26 Å². The maximum Gasteiger partial charge on any atom is 0.272 e. The van der Waals surface area contributed by atoms with E-state index in [4.69, 9.17) is 9.68 Å². The van der Waals surface area contributed by atoms with Gasteiger partial charge in [0.05, 0.1) is 5.69 Å². The number of aromatic nitrogens is 4. The molecule has 0 amide bonds. The maximum atomic E-state index is 12.0. The molecule has 0 aliphatic carbocycles. The van der Waals surface area contributed by atoms with Crippen molar-refractivity contribution in [2.24, 2.45) is 0 Å². The smallest absolute Gasteiger partial charge is 0.272 e. The number of nitrogens with zero attached hydrogens (tertiary/aromatic N) is 4. The Bertz CT molecular complexity index is 1090. The largest absolute Gasteiger partial charge is 0.431 e. The summed E-state index contributed by atoms with van der Waals surface area (Å²) in [7, 11) is 0. The van der Waals surface area contributed by atoms with Crippen LogP contribution >= 0.6 is 11.8 Å². The van der Waals surface area contributed by atoms with Crippen molar-refractivity contribution < 1.29 is 4.42 Å². The lowest BCUT2D eigenvalue weighted by molar-refractivity contribution is 0.489. The van der Waals surface area contributed by atoms with E-state index in [1.54, 1.807) is 0 Å². The molecule has 3 aromatic heterocycles. The van der Waals surface area contributed by atoms with Gasteiger partial charge in [0.25, 0.3) is 10.8 Å². The van der Waals surface area contributed by atoms with Crippen LogP contribution in [0.15, 0.2) is 51.0 Å². The molecule has 0 unspecified atom stereocenters. The van der Waals surface area contributed by atoms with Crippen molar-refractivity contribution in [3.05, 3.63) is 58.1 Å². The van der Waals surface area contributed by atoms with Crippen LogP contribution < -0.4 is 5.56 Å². The van der Waals surface area contributed by atoms with Crippen molar-refractivity contribution in [2.75, 3.05) is 0 Å². The number of aromatic amines is 1. The molecule has 8 heteroatoms. The van der Waals surface area contributed by atoms with E-state index in [0.717, 1.165) is 11.1 Å². The summed E-state index contributed by atoms with van der Waals surface area (Å²) in [6, 6.07) is 10.9. The Hall–Kier alpha value is -3.05. The van der Waals surface area contributed by atoms with Crippen LogP contribution in [0.4, 0.5) is 0 Å². The van der Waals surface area contributed by atoms with Crippen LogP contribution in [0.2, 0.25) is 0 Å². The summed E-state index contributed by atoms with van der Waals surface area (Å²) >= 11 is 1.35. The van der Waals surface area contributed by atoms with Gasteiger partial charge in [0.15, 0.2) is 11.2 Å². The van der Waals surface area contributed by atoms with Gasteiger partial charge in [0.2, 0.25) is 0 Å². The summed E-state index contributed by atoms with van der Waals surface area (Å²) in [6.45, 7) is 0. The number of hydrogen-bond donors (Lipinski definition) is 1. The highest BCUT2D eigenvalue weighted by Gasteiger charge is 2.11. The van der Waals surface area contributed by atoms with Gasteiger partial charge >= 0.3 is 0 Å². The molecule has 4 rings (SSSR count). The Morgan fingerprint density at radius 1 is 1.35 bits per heavy atom. The molecular formula is C15H9N5O2S. The van der Waals surface area contributed by atoms with Crippen LogP contribution in [0.3, 0.4) is 0 Å². The third-order valence-electron chi connectivity index (χ3n) is 3.29. The van der Waals surface area contributed by atoms with E-state index < -0.39 is 0 Å². The van der Waals surface area contributed by atoms with E-state index in [1.165, 1.54) is 28.5 Å². The summed E-state index contributed by atoms with van der Waals surface area (Å²) in [6.07, 6.45) is 1.46. The van der Waals surface area contributed by atoms with Crippen molar-refractivity contribution >= 4 is 28.5 Å². The fraction of sp³-hybridized carbons (Fsp3) is 0.0667. The Morgan fingerprint density at radius 3 is 3.04 bits per heavy atom. The Morgan fingerprint density at radius 2 is 2.22 bits per heavy atom. The van der Waals surface area contributed by atoms with Crippen molar-refractivity contribution in [1.82, 2.24) is 19.6 Å². The molecule has 0 fully saturated rings. The monoisotopic (exact) mass is 323 g/mol. The highest BCUT2D eigenvalue weighted by atomic mass is 32.2. The van der Waals surface area contributed by atoms with Crippen molar-refractivity contribution in [1.29, 1.82) is 5.26 Å². The Kier molecular flexibility index (Phi) is 3.13. The number of nitriles is 1. The second-order valence-corrected chi connectivity index (χ2v) is 5.71. The average molecular weight is 323 g/mol. The molecule has 0 atom stereocenters. The number of H-pyrrole nitrogens is 1. The van der Waals surface area contributed by atoms with Gasteiger partial charge in [-0.25, -0.2) is 14.5 Å². The molecule has 1 aromatic carbocycles. The van der Waals surface area contributed by atoms with Gasteiger partial charge in [0, 0.05) is 18.0 Å². The van der Waals surface area contributed by atoms with Crippen LogP contribution in [0.25, 0.3) is 16.7 Å². The molecule has 3 heterocycles. The third-order valence-corrected chi connectivity index (χ3v) is 4.15. The molecule has 0 saturated heterocycles. The molecule has 1 N–H and O–H groups in total. The average Bonchev–Trinajstić information content (AvgIpc) is 3.16. The summed E-state index contributed by atoms with van der Waals surface area (Å²) in [5.41, 5.74) is 2.47. The minimum atomic E-state index is -0.260. The lowest BCUT2D eigenvalue weighted by Crippen LogP contribution is -2.15. The molecular weight excluding hydrogens is 314 g/mol. The van der Waals surface area contributed by atoms with Gasteiger partial charge < -0.3 is 4.42 Å². The summed E-state index contributed by atoms with van der Waals surface area (Å²) in [4.78, 5) is 20.7. The number of fused-ring (bicyclic) bond motifs is 2. The van der Waals surface area contributed by atoms with Gasteiger partial charge in [-0.05, 0) is 12.1 Å². The van der Waals surface area contributed by atoms with Crippen molar-refractivity contribution in [3.8, 4) is 6.07 Å². The first kappa shape index (κ1) is 13.6. The highest BCUT2D eigenvalue weighted by Crippen LogP contribution is 2.25. The molecule has 0 spiro atoms. The molecule has 0 aliphatic heterocycles. The summed E-state index contributed by atoms with van der Waals surface area (Å²) in [5, 5.41) is 12.3. The van der Waals surface area contributed by atoms with E-state index >= 15 is 0 Å². The zero-order valence-corrected chi connectivity index (χ0v) is 12.5. The van der Waals surface area contributed by atoms with Gasteiger partial charge in [-0.1, -0.05) is 23.9 Å². The number of benzene rings is 1. The zero-order chi connectivity index (χ0) is 15.8. The van der Waals surface area contributed by atoms with Crippen molar-refractivity contribution in [3.63, 3.8) is 0 Å². The molecule has 23 heavy (non-hydrogen) atoms. The molecule has 0 saturated carbocycles. The first-order valence-electron chi connectivity index (χ1n) is 6.73. The quantitative estimate of drug-likeness (QED) is 0.581. The van der Waals surface area contributed by atoms with Crippen LogP contribution in [-0.2, 0) is 5.75 Å². The zero-order valence-electron chi connectivity index (χ0n) is 11.7. The predicted octanol–water partition coefficient (Wildman–Crippen LogP) is 2.33. The number of hydrogen-bond acceptors (Lipinski definition) is 6. The highest BCUT2D eigenvalue weighted by molar-refractivity contribution is 7.98. The fourth-order valence-electron chi connectivity index (χ4n) is 2.23. The maximum absolute atomic E-state index is 12.0. The molecule has 112 valence electrons. The first-order chi connectivity index (χ1) is 11.2. The second-order valence-electron chi connectivity index (χ2n) is 4.78. The lowest BCUT2D eigenvalue weighted by atomic mass is 10.3. The minimum absolute atomic E-state index is 0.260. The third kappa shape index (κ3) is 2.37. The van der Waals surface area contributed by atoms with E-state index in [9.17, 15) is 4.79 Å². The summed E-state index contributed by atoms with van der Waals surface area (Å²) < 4.78 is 6.86. The predicted molar refractivity (Wildman–Crippen MR) is 84.1 cm³/mol. The Labute approximate surface area is 133 Å². The molecule has 0 radical (unpaired) electrons. The van der Waals surface area contributed by atoms with Gasteiger partial charge in [-0.15, -0.1) is 0 Å². The SMILES string of the molecule is N#Cc1c[nH]n2c(=O)cc(CSc3nc4ccccc4o3)nc12. The number of rotatable bonds is 3. The van der Waals surface area contributed by atoms with E-state index in [-0.39, 0.29) is 5.56 Å². The normalized spacial score (nSPS) is 11.1. The minimum Gasteiger partial charge on any atom is -0.431 e. The number of oxazole rings is 1.